The second-order valence-corrected chi connectivity index (χ2v) is 5.74. The van der Waals surface area contributed by atoms with E-state index in [0.29, 0.717) is 5.02 Å². The zero-order valence-corrected chi connectivity index (χ0v) is 13.7. The standard InChI is InChI=1S/C16H17BrClNO/c1-2-9-20-14-6-3-12(4-7-14)11-19-13-5-8-16(18)15(17)10-13/h3-8,10,19H,2,9,11H2,1H3. The molecule has 0 aliphatic carbocycles. The summed E-state index contributed by atoms with van der Waals surface area (Å²) in [6.45, 7) is 3.63. The van der Waals surface area contributed by atoms with Crippen molar-refractivity contribution < 1.29 is 4.74 Å². The van der Waals surface area contributed by atoms with Crippen LogP contribution < -0.4 is 10.1 Å². The highest BCUT2D eigenvalue weighted by Gasteiger charge is 2.00. The summed E-state index contributed by atoms with van der Waals surface area (Å²) in [7, 11) is 0. The second-order valence-electron chi connectivity index (χ2n) is 4.47. The molecule has 0 saturated carbocycles. The van der Waals surface area contributed by atoms with Crippen LogP contribution in [-0.4, -0.2) is 6.61 Å². The molecular weight excluding hydrogens is 338 g/mol. The van der Waals surface area contributed by atoms with Gasteiger partial charge >= 0.3 is 0 Å². The van der Waals surface area contributed by atoms with Gasteiger partial charge < -0.3 is 10.1 Å². The summed E-state index contributed by atoms with van der Waals surface area (Å²) < 4.78 is 6.46. The molecule has 0 amide bonds. The molecular formula is C16H17BrClNO. The van der Waals surface area contributed by atoms with Crippen LogP contribution in [0.3, 0.4) is 0 Å². The maximum absolute atomic E-state index is 5.97. The zero-order chi connectivity index (χ0) is 14.4. The van der Waals surface area contributed by atoms with E-state index in [4.69, 9.17) is 16.3 Å². The highest BCUT2D eigenvalue weighted by Crippen LogP contribution is 2.25. The van der Waals surface area contributed by atoms with Crippen LogP contribution in [-0.2, 0) is 6.54 Å². The normalized spacial score (nSPS) is 10.3. The van der Waals surface area contributed by atoms with Crippen LogP contribution in [0, 0.1) is 0 Å². The zero-order valence-electron chi connectivity index (χ0n) is 11.3. The van der Waals surface area contributed by atoms with E-state index in [2.05, 4.69) is 40.3 Å². The molecule has 0 bridgehead atoms. The van der Waals surface area contributed by atoms with Gasteiger partial charge in [0.25, 0.3) is 0 Å². The van der Waals surface area contributed by atoms with Crippen molar-refractivity contribution in [3.8, 4) is 5.75 Å². The molecule has 0 unspecified atom stereocenters. The van der Waals surface area contributed by atoms with E-state index in [1.165, 1.54) is 5.56 Å². The number of hydrogen-bond acceptors (Lipinski definition) is 2. The van der Waals surface area contributed by atoms with Crippen LogP contribution in [0.4, 0.5) is 5.69 Å². The molecule has 2 rings (SSSR count). The molecule has 2 nitrogen and oxygen atoms in total. The van der Waals surface area contributed by atoms with Crippen molar-refractivity contribution in [1.29, 1.82) is 0 Å². The lowest BCUT2D eigenvalue weighted by Gasteiger charge is -2.09. The Hall–Kier alpha value is -1.19. The molecule has 0 heterocycles. The van der Waals surface area contributed by atoms with Gasteiger partial charge in [-0.25, -0.2) is 0 Å². The molecule has 0 radical (unpaired) electrons. The van der Waals surface area contributed by atoms with Gasteiger partial charge in [-0.3, -0.25) is 0 Å². The highest BCUT2D eigenvalue weighted by molar-refractivity contribution is 9.10. The summed E-state index contributed by atoms with van der Waals surface area (Å²) >= 11 is 9.39. The predicted molar refractivity (Wildman–Crippen MR) is 88.7 cm³/mol. The van der Waals surface area contributed by atoms with Gasteiger partial charge in [-0.05, 0) is 58.2 Å². The number of anilines is 1. The topological polar surface area (TPSA) is 21.3 Å². The van der Waals surface area contributed by atoms with Crippen molar-refractivity contribution in [2.45, 2.75) is 19.9 Å². The second kappa shape index (κ2) is 7.55. The fraction of sp³-hybridized carbons (Fsp3) is 0.250. The summed E-state index contributed by atoms with van der Waals surface area (Å²) in [5, 5.41) is 4.08. The first-order valence-corrected chi connectivity index (χ1v) is 7.77. The Morgan fingerprint density at radius 2 is 1.90 bits per heavy atom. The van der Waals surface area contributed by atoms with Gasteiger partial charge in [0.15, 0.2) is 0 Å². The fourth-order valence-electron chi connectivity index (χ4n) is 1.73. The minimum Gasteiger partial charge on any atom is -0.494 e. The largest absolute Gasteiger partial charge is 0.494 e. The lowest BCUT2D eigenvalue weighted by molar-refractivity contribution is 0.317. The van der Waals surface area contributed by atoms with Crippen molar-refractivity contribution in [3.63, 3.8) is 0 Å². The Morgan fingerprint density at radius 3 is 2.55 bits per heavy atom. The van der Waals surface area contributed by atoms with Gasteiger partial charge in [-0.2, -0.15) is 0 Å². The molecule has 0 aromatic heterocycles. The predicted octanol–water partition coefficient (Wildman–Crippen LogP) is 5.50. The van der Waals surface area contributed by atoms with E-state index in [1.807, 2.05) is 30.3 Å². The first kappa shape index (κ1) is 15.2. The summed E-state index contributed by atoms with van der Waals surface area (Å²) in [6, 6.07) is 14.0. The Labute approximate surface area is 133 Å². The summed E-state index contributed by atoms with van der Waals surface area (Å²) in [6.07, 6.45) is 1.02. The van der Waals surface area contributed by atoms with Gasteiger partial charge in [0.2, 0.25) is 0 Å². The lowest BCUT2D eigenvalue weighted by atomic mass is 10.2. The lowest BCUT2D eigenvalue weighted by Crippen LogP contribution is -2.00. The summed E-state index contributed by atoms with van der Waals surface area (Å²) in [5.74, 6) is 0.921. The average molecular weight is 355 g/mol. The van der Waals surface area contributed by atoms with Crippen molar-refractivity contribution in [3.05, 3.63) is 57.5 Å². The number of ether oxygens (including phenoxy) is 1. The molecule has 0 aliphatic heterocycles. The number of halogens is 2. The minimum atomic E-state index is 0.716. The van der Waals surface area contributed by atoms with E-state index in [1.54, 1.807) is 0 Å². The maximum atomic E-state index is 5.97. The van der Waals surface area contributed by atoms with E-state index >= 15 is 0 Å². The number of nitrogens with one attached hydrogen (secondary N) is 1. The fourth-order valence-corrected chi connectivity index (χ4v) is 2.23. The van der Waals surface area contributed by atoms with Crippen molar-refractivity contribution in [1.82, 2.24) is 0 Å². The first-order chi connectivity index (χ1) is 9.69. The molecule has 20 heavy (non-hydrogen) atoms. The third-order valence-electron chi connectivity index (χ3n) is 2.81. The van der Waals surface area contributed by atoms with E-state index in [0.717, 1.165) is 35.5 Å². The maximum Gasteiger partial charge on any atom is 0.119 e. The minimum absolute atomic E-state index is 0.716. The quantitative estimate of drug-likeness (QED) is 0.739. The van der Waals surface area contributed by atoms with E-state index in [9.17, 15) is 0 Å². The van der Waals surface area contributed by atoms with Gasteiger partial charge in [-0.1, -0.05) is 30.7 Å². The number of benzene rings is 2. The average Bonchev–Trinajstić information content (AvgIpc) is 2.47. The monoisotopic (exact) mass is 353 g/mol. The van der Waals surface area contributed by atoms with Gasteiger partial charge in [0.1, 0.15) is 5.75 Å². The molecule has 0 fully saturated rings. The van der Waals surface area contributed by atoms with Gasteiger partial charge in [0.05, 0.1) is 11.6 Å². The molecule has 2 aromatic carbocycles. The smallest absolute Gasteiger partial charge is 0.119 e. The SMILES string of the molecule is CCCOc1ccc(CNc2ccc(Cl)c(Br)c2)cc1. The molecule has 106 valence electrons. The molecule has 4 heteroatoms. The van der Waals surface area contributed by atoms with Crippen molar-refractivity contribution in [2.24, 2.45) is 0 Å². The van der Waals surface area contributed by atoms with Crippen LogP contribution in [0.5, 0.6) is 5.75 Å². The van der Waals surface area contributed by atoms with Crippen LogP contribution in [0.1, 0.15) is 18.9 Å². The van der Waals surface area contributed by atoms with Crippen LogP contribution in [0.25, 0.3) is 0 Å². The number of hydrogen-bond donors (Lipinski definition) is 1. The van der Waals surface area contributed by atoms with E-state index < -0.39 is 0 Å². The summed E-state index contributed by atoms with van der Waals surface area (Å²) in [5.41, 5.74) is 2.24. The Kier molecular flexibility index (Phi) is 5.74. The molecule has 0 saturated heterocycles. The third kappa shape index (κ3) is 4.43. The highest BCUT2D eigenvalue weighted by atomic mass is 79.9. The summed E-state index contributed by atoms with van der Waals surface area (Å²) in [4.78, 5) is 0. The molecule has 2 aromatic rings. The van der Waals surface area contributed by atoms with Crippen molar-refractivity contribution in [2.75, 3.05) is 11.9 Å². The van der Waals surface area contributed by atoms with Crippen LogP contribution in [0.15, 0.2) is 46.9 Å². The van der Waals surface area contributed by atoms with Gasteiger partial charge in [0, 0.05) is 16.7 Å². The first-order valence-electron chi connectivity index (χ1n) is 6.59. The van der Waals surface area contributed by atoms with E-state index in [-0.39, 0.29) is 0 Å². The Bertz CT molecular complexity index is 557. The Morgan fingerprint density at radius 1 is 1.15 bits per heavy atom. The Balaban J connectivity index is 1.91. The molecule has 0 aliphatic rings. The van der Waals surface area contributed by atoms with Crippen LogP contribution >= 0.6 is 27.5 Å². The number of rotatable bonds is 6. The van der Waals surface area contributed by atoms with Gasteiger partial charge in [-0.15, -0.1) is 0 Å². The third-order valence-corrected chi connectivity index (χ3v) is 4.03. The molecule has 0 atom stereocenters. The molecule has 0 spiro atoms. The van der Waals surface area contributed by atoms with Crippen LogP contribution in [0.2, 0.25) is 5.02 Å². The van der Waals surface area contributed by atoms with Crippen molar-refractivity contribution >= 4 is 33.2 Å². The molecule has 1 N–H and O–H groups in total.